The van der Waals surface area contributed by atoms with Crippen LogP contribution in [-0.2, 0) is 0 Å². The Morgan fingerprint density at radius 2 is 2.00 bits per heavy atom. The van der Waals surface area contributed by atoms with E-state index in [-0.39, 0.29) is 6.10 Å². The monoisotopic (exact) mass is 289 g/mol. The fraction of sp³-hybridized carbons (Fsp3) is 0.588. The molecule has 116 valence electrons. The zero-order chi connectivity index (χ0) is 15.3. The van der Waals surface area contributed by atoms with E-state index in [0.717, 1.165) is 18.0 Å². The van der Waals surface area contributed by atoms with E-state index in [1.807, 2.05) is 38.1 Å². The van der Waals surface area contributed by atoms with Crippen molar-refractivity contribution in [2.24, 2.45) is 16.1 Å². The first kappa shape index (κ1) is 15.7. The van der Waals surface area contributed by atoms with Gasteiger partial charge in [0.15, 0.2) is 5.96 Å². The summed E-state index contributed by atoms with van der Waals surface area (Å²) in [6.07, 6.45) is 5.25. The number of hydrogen-bond acceptors (Lipinski definition) is 2. The van der Waals surface area contributed by atoms with Crippen LogP contribution in [0.15, 0.2) is 29.3 Å². The highest BCUT2D eigenvalue weighted by atomic mass is 16.5. The zero-order valence-electron chi connectivity index (χ0n) is 13.4. The van der Waals surface area contributed by atoms with Gasteiger partial charge in [0, 0.05) is 12.2 Å². The maximum Gasteiger partial charge on any atom is 0.193 e. The Morgan fingerprint density at radius 1 is 1.33 bits per heavy atom. The third-order valence-electron chi connectivity index (χ3n) is 4.25. The number of guanidine groups is 1. The molecule has 1 aromatic rings. The molecule has 0 radical (unpaired) electrons. The van der Waals surface area contributed by atoms with E-state index in [9.17, 15) is 0 Å². The zero-order valence-corrected chi connectivity index (χ0v) is 13.4. The van der Waals surface area contributed by atoms with E-state index in [1.54, 1.807) is 0 Å². The van der Waals surface area contributed by atoms with Gasteiger partial charge in [-0.2, -0.15) is 0 Å². The van der Waals surface area contributed by atoms with Crippen molar-refractivity contribution in [1.82, 2.24) is 0 Å². The smallest absolute Gasteiger partial charge is 0.193 e. The van der Waals surface area contributed by atoms with E-state index in [0.29, 0.717) is 11.4 Å². The molecule has 0 aliphatic heterocycles. The lowest BCUT2D eigenvalue weighted by molar-refractivity contribution is 0.139. The molecule has 4 heteroatoms. The van der Waals surface area contributed by atoms with Gasteiger partial charge in [-0.1, -0.05) is 13.3 Å². The van der Waals surface area contributed by atoms with E-state index in [4.69, 9.17) is 10.5 Å². The Balaban J connectivity index is 1.88. The summed E-state index contributed by atoms with van der Waals surface area (Å²) in [4.78, 5) is 4.51. The molecule has 0 atom stereocenters. The van der Waals surface area contributed by atoms with Crippen LogP contribution in [0, 0.1) is 5.41 Å². The van der Waals surface area contributed by atoms with Crippen molar-refractivity contribution in [2.45, 2.75) is 52.6 Å². The van der Waals surface area contributed by atoms with Crippen LogP contribution in [0.3, 0.4) is 0 Å². The standard InChI is InChI=1S/C17H27N3O/c1-4-17(10-5-11-17)12-19-16(18)20-14-6-8-15(9-7-14)21-13(2)3/h6-9,13H,4-5,10-12H2,1-3H3,(H3,18,19,20). The summed E-state index contributed by atoms with van der Waals surface area (Å²) in [5.74, 6) is 1.36. The second-order valence-electron chi connectivity index (χ2n) is 6.22. The maximum atomic E-state index is 5.97. The average Bonchev–Trinajstić information content (AvgIpc) is 2.40. The fourth-order valence-corrected chi connectivity index (χ4v) is 2.63. The van der Waals surface area contributed by atoms with Crippen LogP contribution < -0.4 is 15.8 Å². The molecular weight excluding hydrogens is 262 g/mol. The first-order valence-electron chi connectivity index (χ1n) is 7.87. The summed E-state index contributed by atoms with van der Waals surface area (Å²) in [5, 5.41) is 3.14. The Labute approximate surface area is 127 Å². The molecule has 2 rings (SSSR count). The van der Waals surface area contributed by atoms with E-state index in [2.05, 4.69) is 17.2 Å². The van der Waals surface area contributed by atoms with Gasteiger partial charge < -0.3 is 15.8 Å². The van der Waals surface area contributed by atoms with Gasteiger partial charge in [0.05, 0.1) is 6.10 Å². The molecule has 1 aliphatic rings. The van der Waals surface area contributed by atoms with Crippen molar-refractivity contribution >= 4 is 11.6 Å². The number of hydrogen-bond donors (Lipinski definition) is 2. The molecule has 4 nitrogen and oxygen atoms in total. The van der Waals surface area contributed by atoms with Gasteiger partial charge in [-0.25, -0.2) is 0 Å². The molecule has 0 unspecified atom stereocenters. The van der Waals surface area contributed by atoms with Gasteiger partial charge >= 0.3 is 0 Å². The van der Waals surface area contributed by atoms with Crippen molar-refractivity contribution in [3.8, 4) is 5.75 Å². The number of nitrogens with zero attached hydrogens (tertiary/aromatic N) is 1. The number of anilines is 1. The quantitative estimate of drug-likeness (QED) is 0.619. The van der Waals surface area contributed by atoms with Gasteiger partial charge in [-0.15, -0.1) is 0 Å². The van der Waals surface area contributed by atoms with Crippen molar-refractivity contribution in [3.05, 3.63) is 24.3 Å². The highest BCUT2D eigenvalue weighted by molar-refractivity contribution is 5.92. The van der Waals surface area contributed by atoms with Crippen molar-refractivity contribution in [3.63, 3.8) is 0 Å². The summed E-state index contributed by atoms with van der Waals surface area (Å²) in [6.45, 7) is 7.10. The number of benzene rings is 1. The largest absolute Gasteiger partial charge is 0.491 e. The second-order valence-corrected chi connectivity index (χ2v) is 6.22. The molecule has 0 aromatic heterocycles. The van der Waals surface area contributed by atoms with E-state index < -0.39 is 0 Å². The molecule has 3 N–H and O–H groups in total. The summed E-state index contributed by atoms with van der Waals surface area (Å²) in [6, 6.07) is 7.79. The summed E-state index contributed by atoms with van der Waals surface area (Å²) >= 11 is 0. The SMILES string of the molecule is CCC1(CN=C(N)Nc2ccc(OC(C)C)cc2)CCC1. The van der Waals surface area contributed by atoms with Crippen molar-refractivity contribution in [2.75, 3.05) is 11.9 Å². The number of nitrogens with two attached hydrogens (primary N) is 1. The normalized spacial score (nSPS) is 17.4. The van der Waals surface area contributed by atoms with Gasteiger partial charge in [-0.3, -0.25) is 4.99 Å². The van der Waals surface area contributed by atoms with E-state index in [1.165, 1.54) is 25.7 Å². The van der Waals surface area contributed by atoms with Crippen LogP contribution in [0.2, 0.25) is 0 Å². The minimum atomic E-state index is 0.183. The summed E-state index contributed by atoms with van der Waals surface area (Å²) in [7, 11) is 0. The Hall–Kier alpha value is -1.71. The van der Waals surface area contributed by atoms with Crippen molar-refractivity contribution in [1.29, 1.82) is 0 Å². The highest BCUT2D eigenvalue weighted by Gasteiger charge is 2.34. The molecule has 1 fully saturated rings. The summed E-state index contributed by atoms with van der Waals surface area (Å²) < 4.78 is 5.61. The molecule has 21 heavy (non-hydrogen) atoms. The molecule has 0 bridgehead atoms. The Morgan fingerprint density at radius 3 is 2.48 bits per heavy atom. The predicted molar refractivity (Wildman–Crippen MR) is 88.9 cm³/mol. The molecule has 0 amide bonds. The summed E-state index contributed by atoms with van der Waals surface area (Å²) in [5.41, 5.74) is 7.31. The van der Waals surface area contributed by atoms with Crippen LogP contribution in [0.25, 0.3) is 0 Å². The molecule has 1 aromatic carbocycles. The molecule has 0 heterocycles. The van der Waals surface area contributed by atoms with Crippen molar-refractivity contribution < 1.29 is 4.74 Å². The third-order valence-corrected chi connectivity index (χ3v) is 4.25. The lowest BCUT2D eigenvalue weighted by Gasteiger charge is -2.40. The van der Waals surface area contributed by atoms with Crippen LogP contribution >= 0.6 is 0 Å². The number of ether oxygens (including phenoxy) is 1. The molecule has 0 spiro atoms. The first-order valence-corrected chi connectivity index (χ1v) is 7.87. The average molecular weight is 289 g/mol. The fourth-order valence-electron chi connectivity index (χ4n) is 2.63. The topological polar surface area (TPSA) is 59.6 Å². The van der Waals surface area contributed by atoms with Crippen LogP contribution in [0.1, 0.15) is 46.5 Å². The predicted octanol–water partition coefficient (Wildman–Crippen LogP) is 3.78. The Bertz CT molecular complexity index is 470. The van der Waals surface area contributed by atoms with Crippen LogP contribution in [0.4, 0.5) is 5.69 Å². The van der Waals surface area contributed by atoms with E-state index >= 15 is 0 Å². The minimum absolute atomic E-state index is 0.183. The third kappa shape index (κ3) is 4.38. The van der Waals surface area contributed by atoms with Crippen LogP contribution in [0.5, 0.6) is 5.75 Å². The van der Waals surface area contributed by atoms with Gasteiger partial charge in [-0.05, 0) is 62.8 Å². The highest BCUT2D eigenvalue weighted by Crippen LogP contribution is 2.43. The number of aliphatic imine (C=N–C) groups is 1. The van der Waals surface area contributed by atoms with Gasteiger partial charge in [0.1, 0.15) is 5.75 Å². The molecule has 1 saturated carbocycles. The molecular formula is C17H27N3O. The molecule has 1 aliphatic carbocycles. The lowest BCUT2D eigenvalue weighted by atomic mass is 9.67. The number of rotatable bonds is 6. The van der Waals surface area contributed by atoms with Gasteiger partial charge in [0.2, 0.25) is 0 Å². The maximum absolute atomic E-state index is 5.97. The van der Waals surface area contributed by atoms with Crippen LogP contribution in [-0.4, -0.2) is 18.6 Å². The first-order chi connectivity index (χ1) is 10.0. The lowest BCUT2D eigenvalue weighted by Crippen LogP contribution is -2.33. The minimum Gasteiger partial charge on any atom is -0.491 e. The van der Waals surface area contributed by atoms with Gasteiger partial charge in [0.25, 0.3) is 0 Å². The number of nitrogens with one attached hydrogen (secondary N) is 1. The Kier molecular flexibility index (Phi) is 5.10. The molecule has 0 saturated heterocycles. The second kappa shape index (κ2) is 6.83.